The van der Waals surface area contributed by atoms with E-state index in [0.29, 0.717) is 0 Å². The lowest BCUT2D eigenvalue weighted by Crippen LogP contribution is -2.53. The Kier molecular flexibility index (Phi) is 3.69. The Bertz CT molecular complexity index is 192. The van der Waals surface area contributed by atoms with Gasteiger partial charge in [-0.3, -0.25) is 0 Å². The molecule has 0 spiro atoms. The summed E-state index contributed by atoms with van der Waals surface area (Å²) in [4.78, 5) is 0. The topological polar surface area (TPSA) is 6.48 Å². The van der Waals surface area contributed by atoms with Crippen molar-refractivity contribution in [1.29, 1.82) is 0 Å². The molecule has 2 nitrogen and oxygen atoms in total. The molecule has 0 aliphatic carbocycles. The maximum Gasteiger partial charge on any atom is 0.0350 e. The summed E-state index contributed by atoms with van der Waals surface area (Å²) in [7, 11) is 11.3. The van der Waals surface area contributed by atoms with Crippen molar-refractivity contribution in [2.75, 3.05) is 0 Å². The van der Waals surface area contributed by atoms with Crippen LogP contribution in [0.25, 0.3) is 0 Å². The van der Waals surface area contributed by atoms with Crippen molar-refractivity contribution in [2.24, 2.45) is 0 Å². The Balaban J connectivity index is 2.76. The van der Waals surface area contributed by atoms with Crippen LogP contribution in [-0.2, 0) is 0 Å². The van der Waals surface area contributed by atoms with Crippen molar-refractivity contribution in [1.82, 2.24) is 7.42 Å². The van der Waals surface area contributed by atoms with Crippen LogP contribution in [0.15, 0.2) is 0 Å². The fraction of sp³-hybridized carbons (Fsp3) is 1.00. The number of nitrogens with zero attached hydrogens (tertiary/aromatic N) is 2. The number of halogens is 2. The molecule has 1 saturated heterocycles. The van der Waals surface area contributed by atoms with E-state index >= 15 is 0 Å². The molecule has 1 aliphatic heterocycles. The zero-order valence-corrected chi connectivity index (χ0v) is 12.8. The molecule has 88 valence electrons. The summed E-state index contributed by atoms with van der Waals surface area (Å²) in [6, 6.07) is 0. The molecule has 0 atom stereocenters. The molecule has 1 aliphatic rings. The average Bonchev–Trinajstić information content (AvgIpc) is 1.78. The largest absolute Gasteiger partial charge is 0.179 e. The Labute approximate surface area is 102 Å². The summed E-state index contributed by atoms with van der Waals surface area (Å²) < 4.78 is 4.46. The highest BCUT2D eigenvalue weighted by Crippen LogP contribution is 2.74. The van der Waals surface area contributed by atoms with Crippen LogP contribution in [-0.4, -0.2) is 18.5 Å². The Hall–Kier alpha value is 1.20. The molecule has 14 heavy (non-hydrogen) atoms. The first kappa shape index (κ1) is 13.3. The van der Waals surface area contributed by atoms with Crippen molar-refractivity contribution >= 4 is 42.3 Å². The second-order valence-electron chi connectivity index (χ2n) is 5.40. The highest BCUT2D eigenvalue weighted by Gasteiger charge is 2.49. The summed E-state index contributed by atoms with van der Waals surface area (Å²) in [5, 5.41) is 0. The second-order valence-corrected chi connectivity index (χ2v) is 10.4. The molecule has 0 aromatic carbocycles. The SMILES string of the molecule is CC(C)(C)N1[SH](Cl)N(C(C)(C)C)[SH]1Cl. The minimum Gasteiger partial charge on any atom is -0.179 e. The Morgan fingerprint density at radius 1 is 0.714 bits per heavy atom. The van der Waals surface area contributed by atoms with Crippen LogP contribution in [0.5, 0.6) is 0 Å². The van der Waals surface area contributed by atoms with Crippen LogP contribution in [0.4, 0.5) is 0 Å². The van der Waals surface area contributed by atoms with Crippen molar-refractivity contribution in [3.8, 4) is 0 Å². The molecule has 0 bridgehead atoms. The molecule has 1 rings (SSSR count). The first-order valence-electron chi connectivity index (χ1n) is 4.59. The molecule has 6 heteroatoms. The molecule has 1 heterocycles. The lowest BCUT2D eigenvalue weighted by atomic mass is 10.1. The smallest absolute Gasteiger partial charge is 0.0350 e. The summed E-state index contributed by atoms with van der Waals surface area (Å²) >= 11 is 0. The van der Waals surface area contributed by atoms with Gasteiger partial charge in [-0.25, -0.2) is 0 Å². The summed E-state index contributed by atoms with van der Waals surface area (Å²) in [6.45, 7) is 12.9. The third kappa shape index (κ3) is 2.30. The van der Waals surface area contributed by atoms with Gasteiger partial charge >= 0.3 is 0 Å². The molecule has 0 aromatic rings. The lowest BCUT2D eigenvalue weighted by molar-refractivity contribution is 0.318. The average molecular weight is 279 g/mol. The molecular weight excluding hydrogens is 259 g/mol. The molecular formula is C8H20Cl2N2S2. The van der Waals surface area contributed by atoms with E-state index in [9.17, 15) is 0 Å². The molecule has 1 fully saturated rings. The minimum absolute atomic E-state index is 0.0721. The summed E-state index contributed by atoms with van der Waals surface area (Å²) in [5.74, 6) is 0. The number of hydrogen-bond donors (Lipinski definition) is 2. The number of rotatable bonds is 0. The normalized spacial score (nSPS) is 36.9. The second kappa shape index (κ2) is 3.90. The van der Waals surface area contributed by atoms with Gasteiger partial charge in [-0.05, 0) is 83.9 Å². The van der Waals surface area contributed by atoms with E-state index in [0.717, 1.165) is 0 Å². The first-order chi connectivity index (χ1) is 6.07. The maximum atomic E-state index is 6.39. The van der Waals surface area contributed by atoms with Gasteiger partial charge in [0.25, 0.3) is 0 Å². The van der Waals surface area contributed by atoms with Gasteiger partial charge in [0.1, 0.15) is 0 Å². The standard InChI is InChI=1S/C8H20Cl2N2S2/c1-7(2,3)11-13(9)12(14(11)10)8(4,5)6/h13-14H,1-6H3. The Morgan fingerprint density at radius 3 is 1.07 bits per heavy atom. The van der Waals surface area contributed by atoms with Gasteiger partial charge in [-0.1, -0.05) is 0 Å². The number of hydrogen-bond acceptors (Lipinski definition) is 2. The molecule has 0 aromatic heterocycles. The third-order valence-electron chi connectivity index (χ3n) is 1.83. The Morgan fingerprint density at radius 2 is 0.929 bits per heavy atom. The summed E-state index contributed by atoms with van der Waals surface area (Å²) in [5.41, 5.74) is 0.144. The van der Waals surface area contributed by atoms with E-state index in [1.807, 2.05) is 0 Å². The molecule has 0 saturated carbocycles. The zero-order chi connectivity index (χ0) is 11.3. The molecule has 0 unspecified atom stereocenters. The van der Waals surface area contributed by atoms with Crippen molar-refractivity contribution < 1.29 is 0 Å². The predicted molar refractivity (Wildman–Crippen MR) is 72.9 cm³/mol. The fourth-order valence-electron chi connectivity index (χ4n) is 1.24. The van der Waals surface area contributed by atoms with Gasteiger partial charge in [0, 0.05) is 11.1 Å². The van der Waals surface area contributed by atoms with Gasteiger partial charge in [-0.2, -0.15) is 7.42 Å². The van der Waals surface area contributed by atoms with Crippen LogP contribution < -0.4 is 0 Å². The minimum atomic E-state index is -0.724. The van der Waals surface area contributed by atoms with E-state index in [1.165, 1.54) is 0 Å². The van der Waals surface area contributed by atoms with Crippen LogP contribution in [0, 0.1) is 0 Å². The highest BCUT2D eigenvalue weighted by atomic mass is 35.7. The first-order valence-corrected chi connectivity index (χ1v) is 8.89. The lowest BCUT2D eigenvalue weighted by Gasteiger charge is -2.64. The van der Waals surface area contributed by atoms with Crippen molar-refractivity contribution in [3.63, 3.8) is 0 Å². The van der Waals surface area contributed by atoms with E-state index in [1.54, 1.807) is 0 Å². The van der Waals surface area contributed by atoms with Crippen LogP contribution in [0.1, 0.15) is 41.5 Å². The van der Waals surface area contributed by atoms with Gasteiger partial charge in [0.2, 0.25) is 0 Å². The molecule has 0 N–H and O–H groups in total. The molecule has 0 amide bonds. The maximum absolute atomic E-state index is 6.39. The van der Waals surface area contributed by atoms with E-state index in [4.69, 9.17) is 21.4 Å². The summed E-state index contributed by atoms with van der Waals surface area (Å²) in [6.07, 6.45) is 0. The fourth-order valence-corrected chi connectivity index (χ4v) is 10.6. The quantitative estimate of drug-likeness (QED) is 0.642. The van der Waals surface area contributed by atoms with E-state index < -0.39 is 21.0 Å². The highest BCUT2D eigenvalue weighted by molar-refractivity contribution is 8.57. The number of thiol groups is 2. The van der Waals surface area contributed by atoms with Gasteiger partial charge < -0.3 is 0 Å². The van der Waals surface area contributed by atoms with E-state index in [2.05, 4.69) is 49.0 Å². The monoisotopic (exact) mass is 278 g/mol. The van der Waals surface area contributed by atoms with E-state index in [-0.39, 0.29) is 11.1 Å². The van der Waals surface area contributed by atoms with Gasteiger partial charge in [0.05, 0.1) is 0 Å². The van der Waals surface area contributed by atoms with Gasteiger partial charge in [0.15, 0.2) is 0 Å². The zero-order valence-electron chi connectivity index (χ0n) is 9.54. The molecule has 0 radical (unpaired) electrons. The van der Waals surface area contributed by atoms with Crippen molar-refractivity contribution in [2.45, 2.75) is 52.6 Å². The van der Waals surface area contributed by atoms with Crippen LogP contribution >= 0.6 is 42.3 Å². The predicted octanol–water partition coefficient (Wildman–Crippen LogP) is 4.17. The van der Waals surface area contributed by atoms with Crippen LogP contribution in [0.3, 0.4) is 0 Å². The van der Waals surface area contributed by atoms with Crippen molar-refractivity contribution in [3.05, 3.63) is 0 Å². The third-order valence-corrected chi connectivity index (χ3v) is 10.6. The van der Waals surface area contributed by atoms with Crippen LogP contribution in [0.2, 0.25) is 0 Å². The van der Waals surface area contributed by atoms with Gasteiger partial charge in [-0.15, -0.1) is 0 Å².